The Morgan fingerprint density at radius 2 is 1.78 bits per heavy atom. The lowest BCUT2D eigenvalue weighted by Crippen LogP contribution is -2.25. The van der Waals surface area contributed by atoms with Crippen LogP contribution in [0.15, 0.2) is 66.7 Å². The second kappa shape index (κ2) is 6.97. The number of hydrogen-bond donors (Lipinski definition) is 1. The Bertz CT molecular complexity index is 826. The average Bonchev–Trinajstić information content (AvgIpc) is 2.61. The van der Waals surface area contributed by atoms with Crippen LogP contribution >= 0.6 is 0 Å². The molecule has 3 heteroatoms. The van der Waals surface area contributed by atoms with Crippen LogP contribution in [0.3, 0.4) is 0 Å². The summed E-state index contributed by atoms with van der Waals surface area (Å²) < 4.78 is 5.14. The van der Waals surface area contributed by atoms with Gasteiger partial charge in [0.05, 0.1) is 7.11 Å². The minimum atomic E-state index is -0.0790. The topological polar surface area (TPSA) is 38.3 Å². The molecule has 0 aromatic heterocycles. The summed E-state index contributed by atoms with van der Waals surface area (Å²) in [5.74, 6) is 0.608. The number of hydrogen-bond acceptors (Lipinski definition) is 2. The first kappa shape index (κ1) is 15.1. The summed E-state index contributed by atoms with van der Waals surface area (Å²) in [5.41, 5.74) is 1.83. The summed E-state index contributed by atoms with van der Waals surface area (Å²) >= 11 is 0. The Hall–Kier alpha value is -2.81. The summed E-state index contributed by atoms with van der Waals surface area (Å²) in [6, 6.07) is 21.9. The van der Waals surface area contributed by atoms with E-state index in [1.165, 1.54) is 16.3 Å². The molecule has 0 fully saturated rings. The van der Waals surface area contributed by atoms with Crippen LogP contribution in [0.25, 0.3) is 10.8 Å². The number of carbonyl (C=O) groups excluding carboxylic acids is 1. The van der Waals surface area contributed by atoms with Crippen molar-refractivity contribution in [1.82, 2.24) is 5.32 Å². The third kappa shape index (κ3) is 3.69. The second-order valence-corrected chi connectivity index (χ2v) is 5.42. The number of carbonyl (C=O) groups is 1. The number of rotatable bonds is 5. The summed E-state index contributed by atoms with van der Waals surface area (Å²) in [7, 11) is 1.59. The molecule has 0 radical (unpaired) electrons. The molecular formula is C20H19NO2. The fourth-order valence-corrected chi connectivity index (χ4v) is 2.58. The van der Waals surface area contributed by atoms with Crippen molar-refractivity contribution in [2.75, 3.05) is 13.7 Å². The number of ether oxygens (including phenoxy) is 1. The zero-order valence-electron chi connectivity index (χ0n) is 13.1. The van der Waals surface area contributed by atoms with Crippen LogP contribution in [-0.4, -0.2) is 19.6 Å². The van der Waals surface area contributed by atoms with Crippen LogP contribution in [0.5, 0.6) is 5.75 Å². The van der Waals surface area contributed by atoms with E-state index in [1.54, 1.807) is 19.2 Å². The predicted octanol–water partition coefficient (Wildman–Crippen LogP) is 3.82. The van der Waals surface area contributed by atoms with Gasteiger partial charge in [-0.2, -0.15) is 0 Å². The molecule has 0 unspecified atom stereocenters. The van der Waals surface area contributed by atoms with Crippen molar-refractivity contribution >= 4 is 16.7 Å². The number of nitrogens with one attached hydrogen (secondary N) is 1. The van der Waals surface area contributed by atoms with Crippen molar-refractivity contribution in [2.45, 2.75) is 6.42 Å². The van der Waals surface area contributed by atoms with Crippen LogP contribution in [0.2, 0.25) is 0 Å². The van der Waals surface area contributed by atoms with Crippen LogP contribution in [0.4, 0.5) is 0 Å². The van der Waals surface area contributed by atoms with E-state index < -0.39 is 0 Å². The second-order valence-electron chi connectivity index (χ2n) is 5.42. The van der Waals surface area contributed by atoms with Gasteiger partial charge in [-0.15, -0.1) is 0 Å². The van der Waals surface area contributed by atoms with E-state index >= 15 is 0 Å². The Balaban J connectivity index is 1.60. The number of methoxy groups -OCH3 is 1. The van der Waals surface area contributed by atoms with E-state index in [-0.39, 0.29) is 5.91 Å². The molecule has 0 aliphatic heterocycles. The summed E-state index contributed by atoms with van der Waals surface area (Å²) in [6.45, 7) is 0.606. The van der Waals surface area contributed by atoms with Gasteiger partial charge in [-0.25, -0.2) is 0 Å². The first-order valence-electron chi connectivity index (χ1n) is 7.66. The zero-order valence-corrected chi connectivity index (χ0v) is 13.1. The van der Waals surface area contributed by atoms with Crippen molar-refractivity contribution in [3.05, 3.63) is 77.9 Å². The van der Waals surface area contributed by atoms with Crippen molar-refractivity contribution in [3.8, 4) is 5.75 Å². The predicted molar refractivity (Wildman–Crippen MR) is 93.0 cm³/mol. The van der Waals surface area contributed by atoms with E-state index in [0.29, 0.717) is 17.9 Å². The van der Waals surface area contributed by atoms with E-state index in [1.807, 2.05) is 24.3 Å². The SMILES string of the molecule is COc1cccc(C(=O)NCCc2ccc3ccccc3c2)c1. The molecule has 0 aliphatic rings. The molecule has 0 saturated carbocycles. The van der Waals surface area contributed by atoms with Gasteiger partial charge in [0.2, 0.25) is 0 Å². The van der Waals surface area contributed by atoms with Crippen molar-refractivity contribution in [2.24, 2.45) is 0 Å². The highest BCUT2D eigenvalue weighted by Crippen LogP contribution is 2.16. The minimum absolute atomic E-state index is 0.0790. The maximum absolute atomic E-state index is 12.1. The average molecular weight is 305 g/mol. The van der Waals surface area contributed by atoms with Gasteiger partial charge in [-0.05, 0) is 41.0 Å². The quantitative estimate of drug-likeness (QED) is 0.778. The number of amides is 1. The lowest BCUT2D eigenvalue weighted by Gasteiger charge is -2.07. The van der Waals surface area contributed by atoms with Crippen LogP contribution < -0.4 is 10.1 Å². The third-order valence-corrected chi connectivity index (χ3v) is 3.85. The molecule has 0 atom stereocenters. The summed E-state index contributed by atoms with van der Waals surface area (Å²) in [5, 5.41) is 5.41. The molecular weight excluding hydrogens is 286 g/mol. The van der Waals surface area contributed by atoms with Gasteiger partial charge in [-0.1, -0.05) is 48.5 Å². The minimum Gasteiger partial charge on any atom is -0.497 e. The van der Waals surface area contributed by atoms with Crippen molar-refractivity contribution < 1.29 is 9.53 Å². The number of fused-ring (bicyclic) bond motifs is 1. The van der Waals surface area contributed by atoms with E-state index in [2.05, 4.69) is 35.6 Å². The molecule has 0 spiro atoms. The molecule has 3 aromatic carbocycles. The van der Waals surface area contributed by atoms with E-state index in [4.69, 9.17) is 4.74 Å². The standard InChI is InChI=1S/C20H19NO2/c1-23-19-8-4-7-18(14-19)20(22)21-12-11-15-9-10-16-5-2-3-6-17(16)13-15/h2-10,13-14H,11-12H2,1H3,(H,21,22). The molecule has 3 rings (SSSR count). The third-order valence-electron chi connectivity index (χ3n) is 3.85. The molecule has 23 heavy (non-hydrogen) atoms. The van der Waals surface area contributed by atoms with Gasteiger partial charge in [0.25, 0.3) is 5.91 Å². The molecule has 0 heterocycles. The highest BCUT2D eigenvalue weighted by Gasteiger charge is 2.06. The van der Waals surface area contributed by atoms with Gasteiger partial charge in [-0.3, -0.25) is 4.79 Å². The Morgan fingerprint density at radius 1 is 0.957 bits per heavy atom. The molecule has 116 valence electrons. The fraction of sp³-hybridized carbons (Fsp3) is 0.150. The molecule has 0 saturated heterocycles. The van der Waals surface area contributed by atoms with Gasteiger partial charge >= 0.3 is 0 Å². The fourth-order valence-electron chi connectivity index (χ4n) is 2.58. The lowest BCUT2D eigenvalue weighted by atomic mass is 10.1. The van der Waals surface area contributed by atoms with E-state index in [9.17, 15) is 4.79 Å². The molecule has 0 aliphatic carbocycles. The van der Waals surface area contributed by atoms with Crippen LogP contribution in [0.1, 0.15) is 15.9 Å². The first-order valence-corrected chi connectivity index (χ1v) is 7.66. The number of benzene rings is 3. The van der Waals surface area contributed by atoms with Gasteiger partial charge < -0.3 is 10.1 Å². The van der Waals surface area contributed by atoms with Crippen LogP contribution in [-0.2, 0) is 6.42 Å². The molecule has 1 N–H and O–H groups in total. The van der Waals surface area contributed by atoms with Crippen molar-refractivity contribution in [3.63, 3.8) is 0 Å². The first-order chi connectivity index (χ1) is 11.3. The maximum Gasteiger partial charge on any atom is 0.251 e. The summed E-state index contributed by atoms with van der Waals surface area (Å²) in [6.07, 6.45) is 0.806. The van der Waals surface area contributed by atoms with Gasteiger partial charge in [0, 0.05) is 12.1 Å². The highest BCUT2D eigenvalue weighted by molar-refractivity contribution is 5.94. The van der Waals surface area contributed by atoms with Crippen molar-refractivity contribution in [1.29, 1.82) is 0 Å². The molecule has 3 aromatic rings. The van der Waals surface area contributed by atoms with Gasteiger partial charge in [0.15, 0.2) is 0 Å². The smallest absolute Gasteiger partial charge is 0.251 e. The van der Waals surface area contributed by atoms with Crippen LogP contribution in [0, 0.1) is 0 Å². The van der Waals surface area contributed by atoms with E-state index in [0.717, 1.165) is 6.42 Å². The molecule has 1 amide bonds. The highest BCUT2D eigenvalue weighted by atomic mass is 16.5. The monoisotopic (exact) mass is 305 g/mol. The lowest BCUT2D eigenvalue weighted by molar-refractivity contribution is 0.0954. The zero-order chi connectivity index (χ0) is 16.1. The Kier molecular flexibility index (Phi) is 4.57. The van der Waals surface area contributed by atoms with Gasteiger partial charge in [0.1, 0.15) is 5.75 Å². The molecule has 0 bridgehead atoms. The maximum atomic E-state index is 12.1. The Morgan fingerprint density at radius 3 is 2.61 bits per heavy atom. The summed E-state index contributed by atoms with van der Waals surface area (Å²) in [4.78, 5) is 12.1. The largest absolute Gasteiger partial charge is 0.497 e. The molecule has 3 nitrogen and oxygen atoms in total. The normalized spacial score (nSPS) is 10.5. The Labute approximate surface area is 135 Å².